The first-order valence-corrected chi connectivity index (χ1v) is 22.7. The molecule has 0 aliphatic heterocycles. The maximum atomic E-state index is 6.46. The summed E-state index contributed by atoms with van der Waals surface area (Å²) in [7, 11) is 0. The number of para-hydroxylation sites is 2. The Morgan fingerprint density at radius 1 is 0.258 bits per heavy atom. The molecule has 13 aromatic rings. The first kappa shape index (κ1) is 37.8. The van der Waals surface area contributed by atoms with Gasteiger partial charge in [0.1, 0.15) is 11.2 Å². The van der Waals surface area contributed by atoms with Crippen LogP contribution in [0.4, 0.5) is 17.1 Å². The van der Waals surface area contributed by atoms with Crippen molar-refractivity contribution in [1.29, 1.82) is 0 Å². The fourth-order valence-electron chi connectivity index (χ4n) is 10.3. The summed E-state index contributed by atoms with van der Waals surface area (Å²) in [6.45, 7) is 0. The van der Waals surface area contributed by atoms with E-state index in [1.54, 1.807) is 0 Å². The predicted octanol–water partition coefficient (Wildman–Crippen LogP) is 18.3. The molecule has 12 aromatic carbocycles. The summed E-state index contributed by atoms with van der Waals surface area (Å²) >= 11 is 0. The molecule has 1 heterocycles. The molecule has 0 bridgehead atoms. The number of fused-ring (bicyclic) bond motifs is 9. The number of nitrogens with zero attached hydrogens (tertiary/aromatic N) is 1. The lowest BCUT2D eigenvalue weighted by molar-refractivity contribution is 0.670. The van der Waals surface area contributed by atoms with Gasteiger partial charge in [-0.05, 0) is 131 Å². The van der Waals surface area contributed by atoms with Crippen molar-refractivity contribution in [2.75, 3.05) is 4.90 Å². The third-order valence-electron chi connectivity index (χ3n) is 13.4. The highest BCUT2D eigenvalue weighted by atomic mass is 16.3. The van der Waals surface area contributed by atoms with Gasteiger partial charge in [-0.2, -0.15) is 0 Å². The highest BCUT2D eigenvalue weighted by Gasteiger charge is 2.20. The van der Waals surface area contributed by atoms with Crippen molar-refractivity contribution >= 4 is 82.1 Å². The average Bonchev–Trinajstić information content (AvgIpc) is 3.78. The molecular weight excluding hydrogens is 799 g/mol. The maximum Gasteiger partial charge on any atom is 0.143 e. The van der Waals surface area contributed by atoms with Crippen LogP contribution in [0.2, 0.25) is 0 Å². The molecule has 0 atom stereocenters. The molecule has 1 aromatic heterocycles. The minimum Gasteiger partial charge on any atom is -0.455 e. The van der Waals surface area contributed by atoms with Crippen LogP contribution in [0.5, 0.6) is 0 Å². The minimum atomic E-state index is 0.904. The van der Waals surface area contributed by atoms with Crippen LogP contribution in [-0.2, 0) is 0 Å². The van der Waals surface area contributed by atoms with Gasteiger partial charge in [0.15, 0.2) is 0 Å². The van der Waals surface area contributed by atoms with Crippen molar-refractivity contribution in [1.82, 2.24) is 0 Å². The maximum absolute atomic E-state index is 6.46. The molecule has 66 heavy (non-hydrogen) atoms. The van der Waals surface area contributed by atoms with Crippen molar-refractivity contribution in [2.24, 2.45) is 0 Å². The molecule has 0 fully saturated rings. The number of benzene rings is 12. The quantitative estimate of drug-likeness (QED) is 0.149. The van der Waals surface area contributed by atoms with Gasteiger partial charge in [-0.15, -0.1) is 0 Å². The topological polar surface area (TPSA) is 16.4 Å². The van der Waals surface area contributed by atoms with Crippen molar-refractivity contribution in [3.05, 3.63) is 249 Å². The van der Waals surface area contributed by atoms with Gasteiger partial charge in [0.05, 0.1) is 0 Å². The van der Waals surface area contributed by atoms with Crippen LogP contribution in [0.3, 0.4) is 0 Å². The molecule has 0 saturated heterocycles. The molecule has 0 amide bonds. The summed E-state index contributed by atoms with van der Waals surface area (Å²) in [5.74, 6) is 0. The summed E-state index contributed by atoms with van der Waals surface area (Å²) in [5.41, 5.74) is 14.5. The fraction of sp³-hybridized carbons (Fsp3) is 0. The third kappa shape index (κ3) is 6.26. The Hall–Kier alpha value is -8.72. The number of hydrogen-bond acceptors (Lipinski definition) is 2. The van der Waals surface area contributed by atoms with E-state index in [9.17, 15) is 0 Å². The van der Waals surface area contributed by atoms with Crippen molar-refractivity contribution in [3.8, 4) is 44.5 Å². The molecule has 0 radical (unpaired) electrons. The van der Waals surface area contributed by atoms with E-state index in [4.69, 9.17) is 4.42 Å². The number of hydrogen-bond donors (Lipinski definition) is 0. The largest absolute Gasteiger partial charge is 0.455 e. The van der Waals surface area contributed by atoms with E-state index in [2.05, 4.69) is 241 Å². The van der Waals surface area contributed by atoms with E-state index in [0.717, 1.165) is 55.7 Å². The van der Waals surface area contributed by atoms with Crippen LogP contribution in [0, 0.1) is 0 Å². The summed E-state index contributed by atoms with van der Waals surface area (Å²) in [5, 5.41) is 12.2. The Bertz CT molecular complexity index is 3960. The van der Waals surface area contributed by atoms with Gasteiger partial charge in [-0.3, -0.25) is 0 Å². The van der Waals surface area contributed by atoms with Crippen LogP contribution < -0.4 is 4.90 Å². The van der Waals surface area contributed by atoms with E-state index in [1.807, 2.05) is 12.1 Å². The minimum absolute atomic E-state index is 0.904. The van der Waals surface area contributed by atoms with Crippen LogP contribution in [-0.4, -0.2) is 0 Å². The van der Waals surface area contributed by atoms with Crippen LogP contribution in [0.15, 0.2) is 253 Å². The van der Waals surface area contributed by atoms with Crippen molar-refractivity contribution < 1.29 is 4.42 Å². The van der Waals surface area contributed by atoms with Gasteiger partial charge >= 0.3 is 0 Å². The molecule has 0 aliphatic carbocycles. The summed E-state index contributed by atoms with van der Waals surface area (Å²) < 4.78 is 6.46. The molecule has 308 valence electrons. The molecule has 0 aliphatic rings. The molecular formula is C64H41NO. The molecule has 2 nitrogen and oxygen atoms in total. The molecule has 0 N–H and O–H groups in total. The van der Waals surface area contributed by atoms with Crippen molar-refractivity contribution in [2.45, 2.75) is 0 Å². The monoisotopic (exact) mass is 839 g/mol. The molecule has 13 rings (SSSR count). The fourth-order valence-corrected chi connectivity index (χ4v) is 10.3. The molecule has 0 unspecified atom stereocenters. The van der Waals surface area contributed by atoms with E-state index >= 15 is 0 Å². The second-order valence-corrected chi connectivity index (χ2v) is 17.2. The summed E-state index contributed by atoms with van der Waals surface area (Å²) in [6, 6.07) is 90.3. The first-order chi connectivity index (χ1) is 32.7. The number of furan rings is 1. The average molecular weight is 840 g/mol. The van der Waals surface area contributed by atoms with Gasteiger partial charge in [0.25, 0.3) is 0 Å². The van der Waals surface area contributed by atoms with Gasteiger partial charge in [-0.1, -0.05) is 200 Å². The van der Waals surface area contributed by atoms with E-state index in [-0.39, 0.29) is 0 Å². The zero-order chi connectivity index (χ0) is 43.6. The lowest BCUT2D eigenvalue weighted by atomic mass is 9.84. The second-order valence-electron chi connectivity index (χ2n) is 17.2. The Morgan fingerprint density at radius 2 is 0.773 bits per heavy atom. The SMILES string of the molecule is c1ccc(-c2c(-c3ccccc3)c3cc(-c4ccc(N(c5ccc(-c6cccc7c6oc6ccccc67)cc5)c5ccc6c(ccc7ccccc76)c5)cc4)ccc3c3ccccc23)cc1. The normalized spacial score (nSPS) is 11.6. The highest BCUT2D eigenvalue weighted by molar-refractivity contribution is 6.22. The zero-order valence-electron chi connectivity index (χ0n) is 36.0. The van der Waals surface area contributed by atoms with Gasteiger partial charge < -0.3 is 9.32 Å². The standard InChI is InChI=1S/C64H41NO/c1-3-15-45(16-4-1)62-58-22-10-9-20-55(58)56-38-32-47(41-60(56)63(62)46-17-5-2-6-18-46)42-28-33-49(34-29-42)65(51-37-39-53-48(40-51)27-26-43-14-7-8-19-52(43)53)50-35-30-44(31-36-50)54-23-13-24-59-57-21-11-12-25-61(57)66-64(54)59/h1-41H. The van der Waals surface area contributed by atoms with E-state index < -0.39 is 0 Å². The van der Waals surface area contributed by atoms with E-state index in [0.29, 0.717) is 0 Å². The van der Waals surface area contributed by atoms with Crippen LogP contribution >= 0.6 is 0 Å². The highest BCUT2D eigenvalue weighted by Crippen LogP contribution is 2.46. The lowest BCUT2D eigenvalue weighted by Gasteiger charge is -2.26. The Kier molecular flexibility index (Phi) is 8.89. The van der Waals surface area contributed by atoms with E-state index in [1.165, 1.54) is 70.9 Å². The van der Waals surface area contributed by atoms with Crippen LogP contribution in [0.25, 0.3) is 110 Å². The molecule has 2 heteroatoms. The predicted molar refractivity (Wildman–Crippen MR) is 280 cm³/mol. The number of rotatable bonds is 7. The third-order valence-corrected chi connectivity index (χ3v) is 13.4. The molecule has 0 spiro atoms. The molecule has 0 saturated carbocycles. The van der Waals surface area contributed by atoms with Gasteiger partial charge in [0.2, 0.25) is 0 Å². The summed E-state index contributed by atoms with van der Waals surface area (Å²) in [6.07, 6.45) is 0. The van der Waals surface area contributed by atoms with Gasteiger partial charge in [-0.25, -0.2) is 0 Å². The Labute approximate surface area is 382 Å². The second kappa shape index (κ2) is 15.5. The van der Waals surface area contributed by atoms with Crippen molar-refractivity contribution in [3.63, 3.8) is 0 Å². The summed E-state index contributed by atoms with van der Waals surface area (Å²) in [4.78, 5) is 2.37. The number of anilines is 3. The Morgan fingerprint density at radius 3 is 1.52 bits per heavy atom. The van der Waals surface area contributed by atoms with Gasteiger partial charge in [0, 0.05) is 33.4 Å². The zero-order valence-corrected chi connectivity index (χ0v) is 36.0. The first-order valence-electron chi connectivity index (χ1n) is 22.7. The lowest BCUT2D eigenvalue weighted by Crippen LogP contribution is -2.09. The van der Waals surface area contributed by atoms with Crippen LogP contribution in [0.1, 0.15) is 0 Å². The Balaban J connectivity index is 0.946. The smallest absolute Gasteiger partial charge is 0.143 e.